The molecule has 1 unspecified atom stereocenters. The zero-order valence-corrected chi connectivity index (χ0v) is 18.3. The van der Waals surface area contributed by atoms with E-state index in [9.17, 15) is 14.7 Å². The normalized spacial score (nSPS) is 11.7. The molecule has 1 aromatic heterocycles. The van der Waals surface area contributed by atoms with Crippen molar-refractivity contribution in [2.75, 3.05) is 18.9 Å². The summed E-state index contributed by atoms with van der Waals surface area (Å²) in [5.74, 6) is -0.358. The van der Waals surface area contributed by atoms with E-state index in [-0.39, 0.29) is 42.2 Å². The minimum absolute atomic E-state index is 0.0216. The third kappa shape index (κ3) is 4.91. The average Bonchev–Trinajstić information content (AvgIpc) is 2.76. The lowest BCUT2D eigenvalue weighted by Gasteiger charge is -2.19. The molecule has 0 aliphatic heterocycles. The minimum Gasteiger partial charge on any atom is -0.508 e. The molecule has 0 aliphatic carbocycles. The highest BCUT2D eigenvalue weighted by atomic mass is 16.5. The van der Waals surface area contributed by atoms with Gasteiger partial charge in [-0.15, -0.1) is 0 Å². The number of amides is 1. The van der Waals surface area contributed by atoms with Crippen LogP contribution in [0, 0.1) is 6.92 Å². The largest absolute Gasteiger partial charge is 0.508 e. The van der Waals surface area contributed by atoms with Gasteiger partial charge < -0.3 is 25.6 Å². The number of nitrogens with two attached hydrogens (primary N) is 1. The van der Waals surface area contributed by atoms with E-state index in [1.165, 1.54) is 12.1 Å². The summed E-state index contributed by atoms with van der Waals surface area (Å²) < 4.78 is 11.1. The van der Waals surface area contributed by atoms with Gasteiger partial charge in [0.15, 0.2) is 0 Å². The second-order valence-corrected chi connectivity index (χ2v) is 7.30. The Morgan fingerprint density at radius 2 is 1.94 bits per heavy atom. The van der Waals surface area contributed by atoms with E-state index in [0.717, 1.165) is 0 Å². The Hall–Kier alpha value is -3.81. The Balaban J connectivity index is 1.83. The molecule has 1 amide bonds. The number of ether oxygens (including phenoxy) is 2. The third-order valence-electron chi connectivity index (χ3n) is 5.05. The van der Waals surface area contributed by atoms with Gasteiger partial charge in [-0.2, -0.15) is 0 Å². The number of carbonyl (C=O) groups is 2. The summed E-state index contributed by atoms with van der Waals surface area (Å²) in [6, 6.07) is 11.2. The zero-order valence-electron chi connectivity index (χ0n) is 18.3. The molecule has 0 aliphatic rings. The first-order chi connectivity index (χ1) is 15.3. The molecule has 4 N–H and O–H groups in total. The second-order valence-electron chi connectivity index (χ2n) is 7.30. The van der Waals surface area contributed by atoms with Crippen molar-refractivity contribution in [2.45, 2.75) is 33.2 Å². The van der Waals surface area contributed by atoms with Crippen LogP contribution in [0.2, 0.25) is 0 Å². The Morgan fingerprint density at radius 3 is 2.62 bits per heavy atom. The Bertz CT molecular complexity index is 1150. The van der Waals surface area contributed by atoms with Gasteiger partial charge >= 0.3 is 5.97 Å². The number of benzene rings is 2. The van der Waals surface area contributed by atoms with Crippen LogP contribution in [0.1, 0.15) is 46.7 Å². The number of nitrogens with zero attached hydrogens (tertiary/aromatic N) is 1. The van der Waals surface area contributed by atoms with Gasteiger partial charge in [0.05, 0.1) is 34.9 Å². The van der Waals surface area contributed by atoms with Crippen LogP contribution in [0.4, 0.5) is 5.69 Å². The van der Waals surface area contributed by atoms with Crippen LogP contribution >= 0.6 is 0 Å². The van der Waals surface area contributed by atoms with Crippen molar-refractivity contribution in [1.29, 1.82) is 0 Å². The number of nitrogen functional groups attached to an aromatic ring is 1. The van der Waals surface area contributed by atoms with Crippen molar-refractivity contribution in [3.8, 4) is 11.5 Å². The number of fused-ring (bicyclic) bond motifs is 1. The predicted octanol–water partition coefficient (Wildman–Crippen LogP) is 3.60. The number of hydrogen-bond acceptors (Lipinski definition) is 7. The van der Waals surface area contributed by atoms with Crippen molar-refractivity contribution in [2.24, 2.45) is 0 Å². The molecule has 8 heteroatoms. The van der Waals surface area contributed by atoms with Crippen molar-refractivity contribution < 1.29 is 24.2 Å². The number of phenols is 1. The van der Waals surface area contributed by atoms with Gasteiger partial charge in [0.1, 0.15) is 23.7 Å². The van der Waals surface area contributed by atoms with E-state index in [2.05, 4.69) is 10.3 Å². The SMILES string of the molecule is CCOC(=O)c1c(C)nc2cccc(OCC(CC)NC(=O)c3cccc(O)c3)c2c1N. The number of carbonyl (C=O) groups excluding carboxylic acids is 2. The lowest BCUT2D eigenvalue weighted by Crippen LogP contribution is -2.38. The fraction of sp³-hybridized carbons (Fsp3) is 0.292. The van der Waals surface area contributed by atoms with Crippen LogP contribution < -0.4 is 15.8 Å². The Kier molecular flexibility index (Phi) is 7.14. The smallest absolute Gasteiger partial charge is 0.342 e. The number of hydrogen-bond donors (Lipinski definition) is 3. The van der Waals surface area contributed by atoms with Crippen molar-refractivity contribution >= 4 is 28.5 Å². The highest BCUT2D eigenvalue weighted by molar-refractivity contribution is 6.07. The molecule has 32 heavy (non-hydrogen) atoms. The van der Waals surface area contributed by atoms with Crippen LogP contribution in [-0.2, 0) is 4.74 Å². The quantitative estimate of drug-likeness (QED) is 0.460. The molecule has 3 rings (SSSR count). The van der Waals surface area contributed by atoms with Crippen LogP contribution in [0.5, 0.6) is 11.5 Å². The molecule has 168 valence electrons. The van der Waals surface area contributed by atoms with E-state index in [0.29, 0.717) is 34.3 Å². The summed E-state index contributed by atoms with van der Waals surface area (Å²) in [5.41, 5.74) is 8.26. The number of esters is 1. The molecular formula is C24H27N3O5. The first-order valence-corrected chi connectivity index (χ1v) is 10.4. The third-order valence-corrected chi connectivity index (χ3v) is 5.05. The van der Waals surface area contributed by atoms with Crippen molar-refractivity contribution in [3.63, 3.8) is 0 Å². The maximum absolute atomic E-state index is 12.5. The highest BCUT2D eigenvalue weighted by Gasteiger charge is 2.21. The summed E-state index contributed by atoms with van der Waals surface area (Å²) in [6.07, 6.45) is 0.621. The Labute approximate surface area is 186 Å². The van der Waals surface area contributed by atoms with E-state index in [1.54, 1.807) is 44.2 Å². The van der Waals surface area contributed by atoms with Crippen LogP contribution in [0.25, 0.3) is 10.9 Å². The molecule has 0 saturated heterocycles. The average molecular weight is 437 g/mol. The predicted molar refractivity (Wildman–Crippen MR) is 122 cm³/mol. The number of pyridine rings is 1. The second kappa shape index (κ2) is 10.00. The van der Waals surface area contributed by atoms with Gasteiger partial charge in [0, 0.05) is 5.56 Å². The lowest BCUT2D eigenvalue weighted by molar-refractivity contribution is 0.0526. The summed E-state index contributed by atoms with van der Waals surface area (Å²) in [4.78, 5) is 29.4. The molecule has 0 bridgehead atoms. The number of phenolic OH excluding ortho intramolecular Hbond substituents is 1. The van der Waals surface area contributed by atoms with Crippen LogP contribution in [-0.4, -0.2) is 41.2 Å². The maximum atomic E-state index is 12.5. The molecule has 0 radical (unpaired) electrons. The number of aromatic nitrogens is 1. The zero-order chi connectivity index (χ0) is 23.3. The topological polar surface area (TPSA) is 124 Å². The van der Waals surface area contributed by atoms with E-state index in [4.69, 9.17) is 15.2 Å². The summed E-state index contributed by atoms with van der Waals surface area (Å²) in [6.45, 7) is 5.77. The highest BCUT2D eigenvalue weighted by Crippen LogP contribution is 2.34. The van der Waals surface area contributed by atoms with Gasteiger partial charge in [-0.25, -0.2) is 4.79 Å². The molecule has 2 aromatic carbocycles. The molecule has 1 heterocycles. The van der Waals surface area contributed by atoms with Crippen LogP contribution in [0.3, 0.4) is 0 Å². The fourth-order valence-electron chi connectivity index (χ4n) is 3.39. The molecule has 1 atom stereocenters. The maximum Gasteiger partial charge on any atom is 0.342 e. The monoisotopic (exact) mass is 437 g/mol. The lowest BCUT2D eigenvalue weighted by atomic mass is 10.1. The van der Waals surface area contributed by atoms with Crippen molar-refractivity contribution in [3.05, 3.63) is 59.3 Å². The molecule has 0 spiro atoms. The van der Waals surface area contributed by atoms with Crippen molar-refractivity contribution in [1.82, 2.24) is 10.3 Å². The van der Waals surface area contributed by atoms with Gasteiger partial charge in [0.25, 0.3) is 5.91 Å². The number of rotatable bonds is 8. The van der Waals surface area contributed by atoms with Gasteiger partial charge in [0.2, 0.25) is 0 Å². The first kappa shape index (κ1) is 22.9. The van der Waals surface area contributed by atoms with E-state index in [1.807, 2.05) is 6.92 Å². The molecular weight excluding hydrogens is 410 g/mol. The summed E-state index contributed by atoms with van der Waals surface area (Å²) in [5, 5.41) is 13.0. The van der Waals surface area contributed by atoms with Crippen LogP contribution in [0.15, 0.2) is 42.5 Å². The molecule has 0 saturated carbocycles. The van der Waals surface area contributed by atoms with E-state index >= 15 is 0 Å². The number of anilines is 1. The number of aryl methyl sites for hydroxylation is 1. The minimum atomic E-state index is -0.531. The summed E-state index contributed by atoms with van der Waals surface area (Å²) >= 11 is 0. The first-order valence-electron chi connectivity index (χ1n) is 10.4. The van der Waals surface area contributed by atoms with Gasteiger partial charge in [-0.1, -0.05) is 19.1 Å². The van der Waals surface area contributed by atoms with Gasteiger partial charge in [-0.3, -0.25) is 9.78 Å². The summed E-state index contributed by atoms with van der Waals surface area (Å²) in [7, 11) is 0. The van der Waals surface area contributed by atoms with Gasteiger partial charge in [-0.05, 0) is 50.6 Å². The standard InChI is InChI=1S/C24H27N3O5/c1-4-16(27-23(29)15-8-6-9-17(28)12-15)13-32-19-11-7-10-18-21(19)22(25)20(14(3)26-18)24(30)31-5-2/h6-12,16,28H,4-5,13H2,1-3H3,(H2,25,26)(H,27,29). The number of aromatic hydroxyl groups is 1. The number of nitrogens with one attached hydrogen (secondary N) is 1. The Morgan fingerprint density at radius 1 is 1.19 bits per heavy atom. The fourth-order valence-corrected chi connectivity index (χ4v) is 3.39. The molecule has 3 aromatic rings. The molecule has 8 nitrogen and oxygen atoms in total. The van der Waals surface area contributed by atoms with E-state index < -0.39 is 5.97 Å². The molecule has 0 fully saturated rings.